The van der Waals surface area contributed by atoms with Crippen LogP contribution >= 0.6 is 11.3 Å². The standard InChI is InChI=1S/C17H24N2OS/c1-17(2,3)16-19-12-15(21-16)11-18-10-14(20)9-13-7-5-4-6-8-13/h4-8,12,14,18,20H,9-11H2,1-3H3. The topological polar surface area (TPSA) is 45.2 Å². The number of aromatic nitrogens is 1. The lowest BCUT2D eigenvalue weighted by Crippen LogP contribution is -2.27. The first-order valence-electron chi connectivity index (χ1n) is 7.33. The summed E-state index contributed by atoms with van der Waals surface area (Å²) in [5.74, 6) is 0. The van der Waals surface area contributed by atoms with Crippen LogP contribution in [0.1, 0.15) is 36.2 Å². The molecule has 4 heteroatoms. The van der Waals surface area contributed by atoms with Crippen LogP contribution in [0.4, 0.5) is 0 Å². The van der Waals surface area contributed by atoms with Gasteiger partial charge >= 0.3 is 0 Å². The zero-order valence-electron chi connectivity index (χ0n) is 13.0. The minimum Gasteiger partial charge on any atom is -0.391 e. The Hall–Kier alpha value is -1.23. The van der Waals surface area contributed by atoms with Crippen molar-refractivity contribution in [3.63, 3.8) is 0 Å². The fourth-order valence-electron chi connectivity index (χ4n) is 2.06. The SMILES string of the molecule is CC(C)(C)c1ncc(CNCC(O)Cc2ccccc2)s1. The smallest absolute Gasteiger partial charge is 0.0981 e. The van der Waals surface area contributed by atoms with E-state index in [4.69, 9.17) is 0 Å². The highest BCUT2D eigenvalue weighted by atomic mass is 32.1. The molecule has 1 aromatic heterocycles. The maximum absolute atomic E-state index is 10.0. The minimum absolute atomic E-state index is 0.107. The molecule has 0 bridgehead atoms. The van der Waals surface area contributed by atoms with Crippen molar-refractivity contribution in [2.45, 2.75) is 45.3 Å². The quantitative estimate of drug-likeness (QED) is 0.862. The van der Waals surface area contributed by atoms with Crippen LogP contribution in [0.5, 0.6) is 0 Å². The molecule has 0 fully saturated rings. The van der Waals surface area contributed by atoms with E-state index in [2.05, 4.69) is 31.1 Å². The average Bonchev–Trinajstić information content (AvgIpc) is 2.88. The van der Waals surface area contributed by atoms with Crippen molar-refractivity contribution in [2.75, 3.05) is 6.54 Å². The van der Waals surface area contributed by atoms with Gasteiger partial charge in [0.25, 0.3) is 0 Å². The van der Waals surface area contributed by atoms with E-state index in [-0.39, 0.29) is 11.5 Å². The van der Waals surface area contributed by atoms with Crippen LogP contribution in [-0.2, 0) is 18.4 Å². The van der Waals surface area contributed by atoms with Crippen LogP contribution in [0, 0.1) is 0 Å². The summed E-state index contributed by atoms with van der Waals surface area (Å²) in [7, 11) is 0. The normalized spacial score (nSPS) is 13.3. The Labute approximate surface area is 131 Å². The Kier molecular flexibility index (Phi) is 5.51. The monoisotopic (exact) mass is 304 g/mol. The summed E-state index contributed by atoms with van der Waals surface area (Å²) < 4.78 is 0. The van der Waals surface area contributed by atoms with Crippen molar-refractivity contribution in [1.29, 1.82) is 0 Å². The van der Waals surface area contributed by atoms with Gasteiger partial charge in [-0.25, -0.2) is 4.98 Å². The van der Waals surface area contributed by atoms with Crippen molar-refractivity contribution < 1.29 is 5.11 Å². The molecule has 0 amide bonds. The van der Waals surface area contributed by atoms with Crippen molar-refractivity contribution in [3.8, 4) is 0 Å². The fraction of sp³-hybridized carbons (Fsp3) is 0.471. The molecule has 3 nitrogen and oxygen atoms in total. The van der Waals surface area contributed by atoms with E-state index in [1.165, 1.54) is 10.4 Å². The summed E-state index contributed by atoms with van der Waals surface area (Å²) in [5.41, 5.74) is 1.27. The van der Waals surface area contributed by atoms with Crippen LogP contribution in [0.25, 0.3) is 0 Å². The zero-order chi connectivity index (χ0) is 15.3. The highest BCUT2D eigenvalue weighted by molar-refractivity contribution is 7.11. The number of aliphatic hydroxyl groups is 1. The van der Waals surface area contributed by atoms with Crippen LogP contribution < -0.4 is 5.32 Å². The molecule has 21 heavy (non-hydrogen) atoms. The van der Waals surface area contributed by atoms with Gasteiger partial charge in [-0.2, -0.15) is 0 Å². The Morgan fingerprint density at radius 1 is 1.24 bits per heavy atom. The number of benzene rings is 1. The highest BCUT2D eigenvalue weighted by Gasteiger charge is 2.17. The van der Waals surface area contributed by atoms with Crippen molar-refractivity contribution in [1.82, 2.24) is 10.3 Å². The summed E-state index contributed by atoms with van der Waals surface area (Å²) in [5, 5.41) is 14.5. The Balaban J connectivity index is 1.75. The van der Waals surface area contributed by atoms with E-state index in [1.54, 1.807) is 11.3 Å². The maximum atomic E-state index is 10.0. The second-order valence-electron chi connectivity index (χ2n) is 6.36. The van der Waals surface area contributed by atoms with Gasteiger partial charge in [-0.15, -0.1) is 11.3 Å². The Bertz CT molecular complexity index is 545. The average molecular weight is 304 g/mol. The van der Waals surface area contributed by atoms with Gasteiger partial charge in [0.05, 0.1) is 11.1 Å². The van der Waals surface area contributed by atoms with Gasteiger partial charge in [0.1, 0.15) is 0 Å². The Morgan fingerprint density at radius 2 is 1.95 bits per heavy atom. The molecule has 0 aliphatic carbocycles. The summed E-state index contributed by atoms with van der Waals surface area (Å²) in [4.78, 5) is 5.68. The predicted molar refractivity (Wildman–Crippen MR) is 88.7 cm³/mol. The number of aliphatic hydroxyl groups excluding tert-OH is 1. The molecule has 1 atom stereocenters. The lowest BCUT2D eigenvalue weighted by Gasteiger charge is -2.13. The molecule has 0 aliphatic heterocycles. The molecule has 1 heterocycles. The number of nitrogens with one attached hydrogen (secondary N) is 1. The third-order valence-corrected chi connectivity index (χ3v) is 4.61. The fourth-order valence-corrected chi connectivity index (χ4v) is 3.00. The number of hydrogen-bond donors (Lipinski definition) is 2. The molecule has 1 aromatic carbocycles. The van der Waals surface area contributed by atoms with Gasteiger partial charge in [-0.05, 0) is 12.0 Å². The maximum Gasteiger partial charge on any atom is 0.0981 e. The van der Waals surface area contributed by atoms with Crippen molar-refractivity contribution in [2.24, 2.45) is 0 Å². The first-order valence-corrected chi connectivity index (χ1v) is 8.14. The lowest BCUT2D eigenvalue weighted by atomic mass is 9.98. The predicted octanol–water partition coefficient (Wildman–Crippen LogP) is 3.13. The largest absolute Gasteiger partial charge is 0.391 e. The van der Waals surface area contributed by atoms with E-state index in [0.29, 0.717) is 13.0 Å². The molecule has 0 saturated heterocycles. The second-order valence-corrected chi connectivity index (χ2v) is 7.47. The van der Waals surface area contributed by atoms with Crippen LogP contribution in [0.15, 0.2) is 36.5 Å². The molecular formula is C17H24N2OS. The lowest BCUT2D eigenvalue weighted by molar-refractivity contribution is 0.171. The summed E-state index contributed by atoms with van der Waals surface area (Å²) in [6.07, 6.45) is 2.26. The summed E-state index contributed by atoms with van der Waals surface area (Å²) in [6, 6.07) is 10.1. The number of thiazole rings is 1. The van der Waals surface area contributed by atoms with Gasteiger partial charge in [0.15, 0.2) is 0 Å². The van der Waals surface area contributed by atoms with E-state index in [9.17, 15) is 5.11 Å². The van der Waals surface area contributed by atoms with Crippen LogP contribution in [-0.4, -0.2) is 22.7 Å². The van der Waals surface area contributed by atoms with Crippen LogP contribution in [0.2, 0.25) is 0 Å². The molecular weight excluding hydrogens is 280 g/mol. The summed E-state index contributed by atoms with van der Waals surface area (Å²) in [6.45, 7) is 7.88. The molecule has 2 aromatic rings. The molecule has 2 rings (SSSR count). The first-order chi connectivity index (χ1) is 9.95. The van der Waals surface area contributed by atoms with Gasteiger partial charge < -0.3 is 10.4 Å². The van der Waals surface area contributed by atoms with Gasteiger partial charge in [-0.3, -0.25) is 0 Å². The molecule has 0 spiro atoms. The van der Waals surface area contributed by atoms with E-state index in [0.717, 1.165) is 11.6 Å². The zero-order valence-corrected chi connectivity index (χ0v) is 13.8. The van der Waals surface area contributed by atoms with E-state index >= 15 is 0 Å². The third-order valence-electron chi connectivity index (χ3n) is 3.19. The minimum atomic E-state index is -0.359. The molecule has 2 N–H and O–H groups in total. The molecule has 0 aliphatic rings. The highest BCUT2D eigenvalue weighted by Crippen LogP contribution is 2.26. The Morgan fingerprint density at radius 3 is 2.57 bits per heavy atom. The van der Waals surface area contributed by atoms with E-state index in [1.807, 2.05) is 36.5 Å². The number of nitrogens with zero attached hydrogens (tertiary/aromatic N) is 1. The number of hydrogen-bond acceptors (Lipinski definition) is 4. The molecule has 0 saturated carbocycles. The molecule has 1 unspecified atom stereocenters. The first kappa shape index (κ1) is 16.1. The molecule has 114 valence electrons. The van der Waals surface area contributed by atoms with Crippen molar-refractivity contribution in [3.05, 3.63) is 52.0 Å². The van der Waals surface area contributed by atoms with Gasteiger partial charge in [0, 0.05) is 29.6 Å². The van der Waals surface area contributed by atoms with E-state index < -0.39 is 0 Å². The number of rotatable bonds is 6. The van der Waals surface area contributed by atoms with Crippen LogP contribution in [0.3, 0.4) is 0 Å². The molecule has 0 radical (unpaired) electrons. The van der Waals surface area contributed by atoms with Crippen molar-refractivity contribution >= 4 is 11.3 Å². The summed E-state index contributed by atoms with van der Waals surface area (Å²) >= 11 is 1.74. The second kappa shape index (κ2) is 7.16. The van der Waals surface area contributed by atoms with Gasteiger partial charge in [-0.1, -0.05) is 51.1 Å². The third kappa shape index (κ3) is 5.23. The van der Waals surface area contributed by atoms with Gasteiger partial charge in [0.2, 0.25) is 0 Å².